The van der Waals surface area contributed by atoms with Crippen LogP contribution in [0.5, 0.6) is 0 Å². The van der Waals surface area contributed by atoms with Crippen molar-refractivity contribution in [1.29, 1.82) is 0 Å². The van der Waals surface area contributed by atoms with E-state index in [1.54, 1.807) is 0 Å². The van der Waals surface area contributed by atoms with E-state index in [0.717, 1.165) is 13.1 Å². The van der Waals surface area contributed by atoms with Gasteiger partial charge in [-0.2, -0.15) is 0 Å². The molecule has 0 aromatic heterocycles. The summed E-state index contributed by atoms with van der Waals surface area (Å²) < 4.78 is 4.81. The van der Waals surface area contributed by atoms with Crippen molar-refractivity contribution in [1.82, 2.24) is 10.2 Å². The van der Waals surface area contributed by atoms with E-state index in [1.165, 1.54) is 6.92 Å². The second kappa shape index (κ2) is 8.50. The molecule has 1 N–H and O–H groups in total. The molecule has 0 saturated carbocycles. The molecule has 0 aromatic rings. The average molecular weight is 202 g/mol. The van der Waals surface area contributed by atoms with Crippen molar-refractivity contribution in [2.24, 2.45) is 0 Å². The topological polar surface area (TPSA) is 58.6 Å². The van der Waals surface area contributed by atoms with Crippen LogP contribution in [-0.2, 0) is 14.3 Å². The van der Waals surface area contributed by atoms with E-state index >= 15 is 0 Å². The lowest BCUT2D eigenvalue weighted by molar-refractivity contribution is -0.141. The van der Waals surface area contributed by atoms with Crippen molar-refractivity contribution in [3.05, 3.63) is 0 Å². The van der Waals surface area contributed by atoms with Crippen molar-refractivity contribution < 1.29 is 14.3 Å². The molecule has 82 valence electrons. The second-order valence-corrected chi connectivity index (χ2v) is 2.85. The van der Waals surface area contributed by atoms with Gasteiger partial charge in [0.1, 0.15) is 6.61 Å². The Balaban J connectivity index is 3.47. The van der Waals surface area contributed by atoms with Crippen molar-refractivity contribution >= 4 is 12.4 Å². The largest absolute Gasteiger partial charge is 0.465 e. The van der Waals surface area contributed by atoms with Crippen LogP contribution in [0.4, 0.5) is 0 Å². The van der Waals surface area contributed by atoms with E-state index in [1.807, 2.05) is 6.92 Å². The molecule has 0 saturated heterocycles. The molecule has 5 heteroatoms. The van der Waals surface area contributed by atoms with E-state index in [0.29, 0.717) is 26.1 Å². The summed E-state index contributed by atoms with van der Waals surface area (Å²) in [4.78, 5) is 22.6. The molecule has 0 unspecified atom stereocenters. The standard InChI is InChI=1S/C9H18N2O3/c1-3-11(5-4-10-8-12)6-7-14-9(2)13/h8H,3-7H2,1-2H3,(H,10,12). The highest BCUT2D eigenvalue weighted by atomic mass is 16.5. The quantitative estimate of drug-likeness (QED) is 0.331. The first-order chi connectivity index (χ1) is 6.70. The maximum absolute atomic E-state index is 10.5. The van der Waals surface area contributed by atoms with Gasteiger partial charge in [0.25, 0.3) is 0 Å². The molecule has 1 amide bonds. The van der Waals surface area contributed by atoms with Crippen LogP contribution in [0.3, 0.4) is 0 Å². The molecule has 0 rings (SSSR count). The molecule has 0 aromatic carbocycles. The number of ether oxygens (including phenoxy) is 1. The summed E-state index contributed by atoms with van der Waals surface area (Å²) in [6.45, 7) is 6.80. The Morgan fingerprint density at radius 2 is 2.21 bits per heavy atom. The lowest BCUT2D eigenvalue weighted by atomic mass is 10.4. The van der Waals surface area contributed by atoms with Gasteiger partial charge in [0.15, 0.2) is 0 Å². The Kier molecular flexibility index (Phi) is 7.83. The SMILES string of the molecule is CCN(CCNC=O)CCOC(C)=O. The number of hydrogen-bond donors (Lipinski definition) is 1. The van der Waals surface area contributed by atoms with E-state index in [2.05, 4.69) is 10.2 Å². The Morgan fingerprint density at radius 3 is 2.71 bits per heavy atom. The highest BCUT2D eigenvalue weighted by molar-refractivity contribution is 5.65. The molecule has 0 fully saturated rings. The fourth-order valence-corrected chi connectivity index (χ4v) is 1.03. The van der Waals surface area contributed by atoms with Gasteiger partial charge in [0, 0.05) is 26.6 Å². The van der Waals surface area contributed by atoms with E-state index in [4.69, 9.17) is 4.74 Å². The molecule has 0 atom stereocenters. The number of hydrogen-bond acceptors (Lipinski definition) is 4. The number of esters is 1. The molecule has 0 bridgehead atoms. The maximum atomic E-state index is 10.5. The van der Waals surface area contributed by atoms with Crippen LogP contribution in [0.15, 0.2) is 0 Å². The summed E-state index contributed by atoms with van der Waals surface area (Å²) in [5, 5.41) is 2.58. The summed E-state index contributed by atoms with van der Waals surface area (Å²) in [6, 6.07) is 0. The molecule has 0 aliphatic carbocycles. The van der Waals surface area contributed by atoms with Crippen LogP contribution >= 0.6 is 0 Å². The van der Waals surface area contributed by atoms with Gasteiger partial charge in [0.2, 0.25) is 6.41 Å². The van der Waals surface area contributed by atoms with Gasteiger partial charge < -0.3 is 10.1 Å². The Bertz CT molecular complexity index is 173. The zero-order valence-corrected chi connectivity index (χ0v) is 8.78. The molecular weight excluding hydrogens is 184 g/mol. The predicted octanol–water partition coefficient (Wildman–Crippen LogP) is -0.383. The zero-order chi connectivity index (χ0) is 10.8. The Hall–Kier alpha value is -1.10. The minimum Gasteiger partial charge on any atom is -0.465 e. The third-order valence-electron chi connectivity index (χ3n) is 1.82. The van der Waals surface area contributed by atoms with Gasteiger partial charge >= 0.3 is 5.97 Å². The first-order valence-corrected chi connectivity index (χ1v) is 4.73. The Labute approximate surface area is 84.4 Å². The number of nitrogens with zero attached hydrogens (tertiary/aromatic N) is 1. The number of amides is 1. The smallest absolute Gasteiger partial charge is 0.302 e. The second-order valence-electron chi connectivity index (χ2n) is 2.85. The summed E-state index contributed by atoms with van der Waals surface area (Å²) >= 11 is 0. The number of likely N-dealkylation sites (N-methyl/N-ethyl adjacent to an activating group) is 1. The molecule has 0 aliphatic rings. The van der Waals surface area contributed by atoms with Crippen LogP contribution in [0, 0.1) is 0 Å². The minimum atomic E-state index is -0.257. The molecule has 0 heterocycles. The van der Waals surface area contributed by atoms with Crippen molar-refractivity contribution in [2.45, 2.75) is 13.8 Å². The Morgan fingerprint density at radius 1 is 1.50 bits per heavy atom. The van der Waals surface area contributed by atoms with E-state index < -0.39 is 0 Å². The van der Waals surface area contributed by atoms with Crippen LogP contribution < -0.4 is 5.32 Å². The molecule has 0 spiro atoms. The molecule has 0 radical (unpaired) electrons. The van der Waals surface area contributed by atoms with Crippen LogP contribution in [0.25, 0.3) is 0 Å². The van der Waals surface area contributed by atoms with Gasteiger partial charge in [-0.3, -0.25) is 14.5 Å². The van der Waals surface area contributed by atoms with Gasteiger partial charge in [0.05, 0.1) is 0 Å². The fraction of sp³-hybridized carbons (Fsp3) is 0.778. The van der Waals surface area contributed by atoms with Crippen molar-refractivity contribution in [2.75, 3.05) is 32.8 Å². The summed E-state index contributed by atoms with van der Waals surface area (Å²) in [5.74, 6) is -0.257. The van der Waals surface area contributed by atoms with Crippen LogP contribution in [0.2, 0.25) is 0 Å². The van der Waals surface area contributed by atoms with E-state index in [-0.39, 0.29) is 5.97 Å². The lowest BCUT2D eigenvalue weighted by Crippen LogP contribution is -2.34. The van der Waals surface area contributed by atoms with Gasteiger partial charge in [-0.1, -0.05) is 6.92 Å². The lowest BCUT2D eigenvalue weighted by Gasteiger charge is -2.19. The zero-order valence-electron chi connectivity index (χ0n) is 8.78. The highest BCUT2D eigenvalue weighted by Gasteiger charge is 2.02. The summed E-state index contributed by atoms with van der Waals surface area (Å²) in [6.07, 6.45) is 0.680. The van der Waals surface area contributed by atoms with Crippen LogP contribution in [0.1, 0.15) is 13.8 Å². The highest BCUT2D eigenvalue weighted by Crippen LogP contribution is 1.87. The molecule has 14 heavy (non-hydrogen) atoms. The fourth-order valence-electron chi connectivity index (χ4n) is 1.03. The first kappa shape index (κ1) is 12.9. The average Bonchev–Trinajstić information content (AvgIpc) is 2.15. The first-order valence-electron chi connectivity index (χ1n) is 4.73. The molecule has 5 nitrogen and oxygen atoms in total. The predicted molar refractivity (Wildman–Crippen MR) is 52.8 cm³/mol. The third kappa shape index (κ3) is 7.54. The van der Waals surface area contributed by atoms with Gasteiger partial charge in [-0.15, -0.1) is 0 Å². The van der Waals surface area contributed by atoms with Crippen molar-refractivity contribution in [3.63, 3.8) is 0 Å². The number of nitrogens with one attached hydrogen (secondary N) is 1. The molecular formula is C9H18N2O3. The molecule has 0 aliphatic heterocycles. The number of rotatable bonds is 8. The van der Waals surface area contributed by atoms with Gasteiger partial charge in [-0.05, 0) is 6.54 Å². The number of carbonyl (C=O) groups is 2. The normalized spacial score (nSPS) is 9.93. The van der Waals surface area contributed by atoms with E-state index in [9.17, 15) is 9.59 Å². The monoisotopic (exact) mass is 202 g/mol. The van der Waals surface area contributed by atoms with Gasteiger partial charge in [-0.25, -0.2) is 0 Å². The number of carbonyl (C=O) groups excluding carboxylic acids is 2. The minimum absolute atomic E-state index is 0.257. The van der Waals surface area contributed by atoms with Crippen molar-refractivity contribution in [3.8, 4) is 0 Å². The third-order valence-corrected chi connectivity index (χ3v) is 1.82. The summed E-state index contributed by atoms with van der Waals surface area (Å²) in [5.41, 5.74) is 0. The maximum Gasteiger partial charge on any atom is 0.302 e. The summed E-state index contributed by atoms with van der Waals surface area (Å²) in [7, 11) is 0. The van der Waals surface area contributed by atoms with Crippen LogP contribution in [-0.4, -0.2) is 50.1 Å².